The number of carbonyl (C=O) groups is 1. The highest BCUT2D eigenvalue weighted by Gasteiger charge is 2.48. The number of phenols is 3. The first-order valence-corrected chi connectivity index (χ1v) is 9.14. The highest BCUT2D eigenvalue weighted by molar-refractivity contribution is 6.05. The van der Waals surface area contributed by atoms with E-state index < -0.39 is 54.9 Å². The average Bonchev–Trinajstić information content (AvgIpc) is 2.97. The molecule has 0 amide bonds. The molecule has 0 aliphatic carbocycles. The molecule has 6 atom stereocenters. The molecule has 10 nitrogen and oxygen atoms in total. The van der Waals surface area contributed by atoms with Crippen molar-refractivity contribution in [1.29, 1.82) is 0 Å². The fraction of sp³-hybridized carbons (Fsp3) is 0.350. The van der Waals surface area contributed by atoms with E-state index in [4.69, 9.17) is 14.2 Å². The predicted octanol–water partition coefficient (Wildman–Crippen LogP) is -0.0560. The number of fused-ring (bicyclic) bond motifs is 1. The Morgan fingerprint density at radius 1 is 0.967 bits per heavy atom. The smallest absolute Gasteiger partial charge is 0.203 e. The Kier molecular flexibility index (Phi) is 5.26. The van der Waals surface area contributed by atoms with E-state index in [-0.39, 0.29) is 22.8 Å². The molecular formula is C20H20O10. The van der Waals surface area contributed by atoms with Crippen LogP contribution in [0.5, 0.6) is 23.0 Å². The van der Waals surface area contributed by atoms with Gasteiger partial charge in [-0.1, -0.05) is 12.1 Å². The van der Waals surface area contributed by atoms with Gasteiger partial charge in [0.05, 0.1) is 6.61 Å². The zero-order chi connectivity index (χ0) is 21.6. The molecule has 2 aromatic rings. The molecule has 1 saturated heterocycles. The quantitative estimate of drug-likeness (QED) is 0.395. The Hall–Kier alpha value is -2.89. The minimum Gasteiger partial charge on any atom is -0.508 e. The molecule has 0 saturated carbocycles. The Morgan fingerprint density at radius 2 is 1.67 bits per heavy atom. The highest BCUT2D eigenvalue weighted by Crippen LogP contribution is 2.43. The van der Waals surface area contributed by atoms with Gasteiger partial charge < -0.3 is 44.8 Å². The van der Waals surface area contributed by atoms with E-state index in [1.807, 2.05) is 0 Å². The van der Waals surface area contributed by atoms with Crippen LogP contribution >= 0.6 is 0 Å². The number of phenolic OH excluding ortho intramolecular Hbond substituents is 3. The normalized spacial score (nSPS) is 30.7. The third-order valence-electron chi connectivity index (χ3n) is 5.10. The number of hydrogen-bond donors (Lipinski definition) is 6. The summed E-state index contributed by atoms with van der Waals surface area (Å²) in [6.07, 6.45) is -8.02. The van der Waals surface area contributed by atoms with E-state index in [9.17, 15) is 35.4 Å². The van der Waals surface area contributed by atoms with Crippen molar-refractivity contribution < 1.29 is 49.6 Å². The van der Waals surface area contributed by atoms with E-state index in [1.165, 1.54) is 30.3 Å². The largest absolute Gasteiger partial charge is 0.508 e. The number of benzene rings is 2. The zero-order valence-corrected chi connectivity index (χ0v) is 15.5. The lowest BCUT2D eigenvalue weighted by Crippen LogP contribution is -2.44. The number of Topliss-reactive ketones (excluding diaryl/α,β-unsaturated/α-hetero) is 1. The number of hydrogen-bond acceptors (Lipinski definition) is 10. The van der Waals surface area contributed by atoms with E-state index in [2.05, 4.69) is 0 Å². The van der Waals surface area contributed by atoms with Gasteiger partial charge >= 0.3 is 0 Å². The third kappa shape index (κ3) is 3.44. The summed E-state index contributed by atoms with van der Waals surface area (Å²) < 4.78 is 16.8. The number of aliphatic hydroxyl groups is 3. The maximum absolute atomic E-state index is 13.2. The number of carbonyl (C=O) groups excluding carboxylic acids is 1. The molecule has 1 fully saturated rings. The third-order valence-corrected chi connectivity index (χ3v) is 5.10. The van der Waals surface area contributed by atoms with Crippen molar-refractivity contribution in [1.82, 2.24) is 0 Å². The van der Waals surface area contributed by atoms with Crippen LogP contribution in [0, 0.1) is 0 Å². The maximum Gasteiger partial charge on any atom is 0.203 e. The van der Waals surface area contributed by atoms with Gasteiger partial charge in [0, 0.05) is 12.1 Å². The van der Waals surface area contributed by atoms with E-state index >= 15 is 0 Å². The molecule has 2 aliphatic heterocycles. The maximum atomic E-state index is 13.2. The van der Waals surface area contributed by atoms with Crippen molar-refractivity contribution in [3.8, 4) is 23.0 Å². The summed E-state index contributed by atoms with van der Waals surface area (Å²) in [6, 6.07) is 7.89. The first-order valence-electron chi connectivity index (χ1n) is 9.14. The van der Waals surface area contributed by atoms with Gasteiger partial charge in [0.15, 0.2) is 18.5 Å². The Labute approximate surface area is 170 Å². The SMILES string of the molecule is O=C1c2c(O)cc(O)cc2OC(c2ccc(O)cc2)C1OC1O[C@H](CO)[C@@H](O)[C@@H]1O. The molecule has 2 heterocycles. The van der Waals surface area contributed by atoms with Crippen molar-refractivity contribution in [3.63, 3.8) is 0 Å². The molecule has 10 heteroatoms. The summed E-state index contributed by atoms with van der Waals surface area (Å²) in [7, 11) is 0. The van der Waals surface area contributed by atoms with Gasteiger partial charge in [-0.3, -0.25) is 4.79 Å². The molecule has 6 N–H and O–H groups in total. The van der Waals surface area contributed by atoms with Crippen LogP contribution in [-0.2, 0) is 9.47 Å². The van der Waals surface area contributed by atoms with E-state index in [0.29, 0.717) is 5.56 Å². The minimum atomic E-state index is -1.54. The van der Waals surface area contributed by atoms with Crippen LogP contribution < -0.4 is 4.74 Å². The Balaban J connectivity index is 1.72. The van der Waals surface area contributed by atoms with Crippen molar-refractivity contribution in [2.45, 2.75) is 36.8 Å². The van der Waals surface area contributed by atoms with Crippen LogP contribution in [0.25, 0.3) is 0 Å². The van der Waals surface area contributed by atoms with Gasteiger partial charge in [0.2, 0.25) is 5.78 Å². The molecular weight excluding hydrogens is 400 g/mol. The average molecular weight is 420 g/mol. The summed E-state index contributed by atoms with van der Waals surface area (Å²) in [4.78, 5) is 13.2. The molecule has 0 radical (unpaired) electrons. The standard InChI is InChI=1S/C20H20O10/c21-7-13-15(25)17(27)20(29-13)30-19-16(26)14-11(24)5-10(23)6-12(14)28-18(19)8-1-3-9(22)4-2-8/h1-6,13,15,17-25,27H,7H2/t13-,15-,17+,18?,19?,20?/m1/s1. The number of ether oxygens (including phenoxy) is 3. The lowest BCUT2D eigenvalue weighted by atomic mass is 9.92. The molecule has 3 unspecified atom stereocenters. The molecule has 0 aromatic heterocycles. The van der Waals surface area contributed by atoms with Gasteiger partial charge in [-0.25, -0.2) is 0 Å². The topological polar surface area (TPSA) is 166 Å². The molecule has 2 aliphatic rings. The van der Waals surface area contributed by atoms with Crippen LogP contribution in [0.2, 0.25) is 0 Å². The van der Waals surface area contributed by atoms with Crippen molar-refractivity contribution in [2.24, 2.45) is 0 Å². The lowest BCUT2D eigenvalue weighted by molar-refractivity contribution is -0.199. The number of aliphatic hydroxyl groups excluding tert-OH is 3. The molecule has 30 heavy (non-hydrogen) atoms. The van der Waals surface area contributed by atoms with E-state index in [1.54, 1.807) is 0 Å². The second kappa shape index (κ2) is 7.74. The molecule has 2 aromatic carbocycles. The molecule has 4 rings (SSSR count). The number of ketones is 1. The number of aromatic hydroxyl groups is 3. The van der Waals surface area contributed by atoms with Crippen molar-refractivity contribution in [2.75, 3.05) is 6.61 Å². The van der Waals surface area contributed by atoms with Crippen LogP contribution in [0.15, 0.2) is 36.4 Å². The Bertz CT molecular complexity index is 943. The highest BCUT2D eigenvalue weighted by atomic mass is 16.7. The van der Waals surface area contributed by atoms with Crippen LogP contribution in [0.4, 0.5) is 0 Å². The summed E-state index contributed by atoms with van der Waals surface area (Å²) in [5, 5.41) is 58.8. The molecule has 160 valence electrons. The monoisotopic (exact) mass is 420 g/mol. The first kappa shape index (κ1) is 20.4. The zero-order valence-electron chi connectivity index (χ0n) is 15.5. The second-order valence-corrected chi connectivity index (χ2v) is 7.10. The van der Waals surface area contributed by atoms with Gasteiger partial charge in [-0.05, 0) is 17.7 Å². The van der Waals surface area contributed by atoms with Crippen LogP contribution in [-0.4, -0.2) is 73.7 Å². The minimum absolute atomic E-state index is 0.0162. The van der Waals surface area contributed by atoms with Gasteiger partial charge in [-0.2, -0.15) is 0 Å². The second-order valence-electron chi connectivity index (χ2n) is 7.10. The lowest BCUT2D eigenvalue weighted by Gasteiger charge is -2.34. The van der Waals surface area contributed by atoms with Crippen molar-refractivity contribution in [3.05, 3.63) is 47.5 Å². The Morgan fingerprint density at radius 3 is 2.30 bits per heavy atom. The first-order chi connectivity index (χ1) is 14.3. The summed E-state index contributed by atoms with van der Waals surface area (Å²) in [5.74, 6) is -1.63. The predicted molar refractivity (Wildman–Crippen MR) is 98.2 cm³/mol. The van der Waals surface area contributed by atoms with Crippen molar-refractivity contribution >= 4 is 5.78 Å². The number of rotatable bonds is 4. The van der Waals surface area contributed by atoms with Gasteiger partial charge in [-0.15, -0.1) is 0 Å². The summed E-state index contributed by atoms with van der Waals surface area (Å²) >= 11 is 0. The van der Waals surface area contributed by atoms with Crippen LogP contribution in [0.1, 0.15) is 22.0 Å². The summed E-state index contributed by atoms with van der Waals surface area (Å²) in [6.45, 7) is -0.572. The summed E-state index contributed by atoms with van der Waals surface area (Å²) in [5.41, 5.74) is 0.200. The van der Waals surface area contributed by atoms with E-state index in [0.717, 1.165) is 6.07 Å². The van der Waals surface area contributed by atoms with Gasteiger partial charge in [0.25, 0.3) is 0 Å². The molecule has 0 bridgehead atoms. The fourth-order valence-electron chi connectivity index (χ4n) is 3.57. The van der Waals surface area contributed by atoms with Gasteiger partial charge in [0.1, 0.15) is 46.9 Å². The van der Waals surface area contributed by atoms with Crippen LogP contribution in [0.3, 0.4) is 0 Å². The molecule has 0 spiro atoms. The fourth-order valence-corrected chi connectivity index (χ4v) is 3.57.